The molecule has 0 bridgehead atoms. The second-order valence-corrected chi connectivity index (χ2v) is 5.51. The molecule has 2 rings (SSSR count). The van der Waals surface area contributed by atoms with Crippen LogP contribution in [0.3, 0.4) is 0 Å². The van der Waals surface area contributed by atoms with Crippen LogP contribution in [0.5, 0.6) is 0 Å². The van der Waals surface area contributed by atoms with Crippen LogP contribution < -0.4 is 0 Å². The van der Waals surface area contributed by atoms with Gasteiger partial charge in [0.1, 0.15) is 10.8 Å². The molecule has 0 fully saturated rings. The molecule has 6 heteroatoms. The molecule has 2 aromatic rings. The van der Waals surface area contributed by atoms with Crippen molar-refractivity contribution in [3.63, 3.8) is 0 Å². The molecular formula is C17H21ClN2O3. The fourth-order valence-corrected chi connectivity index (χ4v) is 2.61. The summed E-state index contributed by atoms with van der Waals surface area (Å²) in [5, 5.41) is 2.09. The number of pyridine rings is 1. The van der Waals surface area contributed by atoms with Gasteiger partial charge in [0, 0.05) is 39.3 Å². The van der Waals surface area contributed by atoms with E-state index in [0.29, 0.717) is 37.2 Å². The molecule has 0 aliphatic rings. The first-order chi connectivity index (χ1) is 11.2. The van der Waals surface area contributed by atoms with Crippen molar-refractivity contribution in [1.82, 2.24) is 9.88 Å². The van der Waals surface area contributed by atoms with Gasteiger partial charge in [0.05, 0.1) is 6.61 Å². The Balaban J connectivity index is 2.23. The standard InChI is InChI=1S/C17H21ClN2O3/c1-22-10-5-8-20(9-11-23-2)17(21)15-12-13-6-3-4-7-14(13)16(18)19-15/h3-4,6-7,12H,5,8-11H2,1-2H3. The maximum atomic E-state index is 12.7. The highest BCUT2D eigenvalue weighted by Crippen LogP contribution is 2.23. The van der Waals surface area contributed by atoms with Crippen molar-refractivity contribution in [1.29, 1.82) is 0 Å². The van der Waals surface area contributed by atoms with Gasteiger partial charge in [-0.2, -0.15) is 0 Å². The number of carbonyl (C=O) groups excluding carboxylic acids is 1. The van der Waals surface area contributed by atoms with E-state index in [2.05, 4.69) is 4.98 Å². The second kappa shape index (κ2) is 8.82. The summed E-state index contributed by atoms with van der Waals surface area (Å²) >= 11 is 6.22. The third-order valence-corrected chi connectivity index (χ3v) is 3.83. The van der Waals surface area contributed by atoms with Gasteiger partial charge >= 0.3 is 0 Å². The predicted molar refractivity (Wildman–Crippen MR) is 91.0 cm³/mol. The fourth-order valence-electron chi connectivity index (χ4n) is 2.34. The summed E-state index contributed by atoms with van der Waals surface area (Å²) in [5.74, 6) is -0.147. The van der Waals surface area contributed by atoms with Gasteiger partial charge < -0.3 is 14.4 Å². The van der Waals surface area contributed by atoms with Crippen LogP contribution >= 0.6 is 11.6 Å². The van der Waals surface area contributed by atoms with Crippen LogP contribution in [0.15, 0.2) is 30.3 Å². The van der Waals surface area contributed by atoms with Crippen molar-refractivity contribution in [3.8, 4) is 0 Å². The van der Waals surface area contributed by atoms with Gasteiger partial charge in [-0.15, -0.1) is 0 Å². The van der Waals surface area contributed by atoms with E-state index < -0.39 is 0 Å². The lowest BCUT2D eigenvalue weighted by Crippen LogP contribution is -2.35. The molecule has 0 aliphatic carbocycles. The molecule has 0 radical (unpaired) electrons. The molecule has 0 aliphatic heterocycles. The molecule has 1 aromatic carbocycles. The average molecular weight is 337 g/mol. The first-order valence-corrected chi connectivity index (χ1v) is 7.87. The number of ether oxygens (including phenoxy) is 2. The monoisotopic (exact) mass is 336 g/mol. The summed E-state index contributed by atoms with van der Waals surface area (Å²) in [6, 6.07) is 9.39. The third kappa shape index (κ3) is 4.64. The minimum absolute atomic E-state index is 0.147. The molecule has 5 nitrogen and oxygen atoms in total. The Kier molecular flexibility index (Phi) is 6.77. The van der Waals surface area contributed by atoms with E-state index in [4.69, 9.17) is 21.1 Å². The lowest BCUT2D eigenvalue weighted by atomic mass is 10.1. The minimum atomic E-state index is -0.147. The number of benzene rings is 1. The Hall–Kier alpha value is -1.69. The Labute approximate surface area is 141 Å². The van der Waals surface area contributed by atoms with Crippen molar-refractivity contribution in [2.75, 3.05) is 40.5 Å². The first-order valence-electron chi connectivity index (χ1n) is 7.49. The maximum absolute atomic E-state index is 12.7. The van der Waals surface area contributed by atoms with Crippen molar-refractivity contribution in [3.05, 3.63) is 41.2 Å². The maximum Gasteiger partial charge on any atom is 0.272 e. The highest BCUT2D eigenvalue weighted by Gasteiger charge is 2.18. The summed E-state index contributed by atoms with van der Waals surface area (Å²) in [4.78, 5) is 18.7. The fraction of sp³-hybridized carbons (Fsp3) is 0.412. The number of fused-ring (bicyclic) bond motifs is 1. The van der Waals surface area contributed by atoms with Gasteiger partial charge in [0.15, 0.2) is 0 Å². The van der Waals surface area contributed by atoms with Crippen LogP contribution in [0.4, 0.5) is 0 Å². The van der Waals surface area contributed by atoms with E-state index in [1.54, 1.807) is 25.2 Å². The summed E-state index contributed by atoms with van der Waals surface area (Å²) in [6.45, 7) is 2.16. The van der Waals surface area contributed by atoms with Gasteiger partial charge in [0.25, 0.3) is 5.91 Å². The number of halogens is 1. The van der Waals surface area contributed by atoms with Gasteiger partial charge in [0.2, 0.25) is 0 Å². The lowest BCUT2D eigenvalue weighted by Gasteiger charge is -2.22. The largest absolute Gasteiger partial charge is 0.385 e. The third-order valence-electron chi connectivity index (χ3n) is 3.54. The Bertz CT molecular complexity index is 663. The van der Waals surface area contributed by atoms with Crippen LogP contribution in [0.1, 0.15) is 16.9 Å². The van der Waals surface area contributed by atoms with E-state index in [0.717, 1.165) is 17.2 Å². The number of amides is 1. The van der Waals surface area contributed by atoms with Crippen molar-refractivity contribution < 1.29 is 14.3 Å². The van der Waals surface area contributed by atoms with E-state index in [-0.39, 0.29) is 5.91 Å². The zero-order valence-electron chi connectivity index (χ0n) is 13.4. The zero-order chi connectivity index (χ0) is 16.7. The molecule has 1 heterocycles. The van der Waals surface area contributed by atoms with E-state index in [9.17, 15) is 4.79 Å². The molecule has 0 atom stereocenters. The highest BCUT2D eigenvalue weighted by molar-refractivity contribution is 6.34. The lowest BCUT2D eigenvalue weighted by molar-refractivity contribution is 0.0668. The number of nitrogens with zero attached hydrogens (tertiary/aromatic N) is 2. The number of rotatable bonds is 8. The summed E-state index contributed by atoms with van der Waals surface area (Å²) in [6.07, 6.45) is 0.757. The normalized spacial score (nSPS) is 10.9. The zero-order valence-corrected chi connectivity index (χ0v) is 14.2. The number of hydrogen-bond acceptors (Lipinski definition) is 4. The summed E-state index contributed by atoms with van der Waals surface area (Å²) in [5.41, 5.74) is 0.349. The first kappa shape index (κ1) is 17.7. The molecule has 1 aromatic heterocycles. The van der Waals surface area contributed by atoms with Crippen LogP contribution in [0.2, 0.25) is 5.15 Å². The van der Waals surface area contributed by atoms with E-state index in [1.807, 2.05) is 24.3 Å². The molecule has 124 valence electrons. The number of aromatic nitrogens is 1. The molecule has 0 N–H and O–H groups in total. The number of methoxy groups -OCH3 is 2. The molecule has 0 saturated carbocycles. The van der Waals surface area contributed by atoms with Crippen LogP contribution in [-0.2, 0) is 9.47 Å². The minimum Gasteiger partial charge on any atom is -0.385 e. The van der Waals surface area contributed by atoms with Crippen molar-refractivity contribution >= 4 is 28.3 Å². The quantitative estimate of drug-likeness (QED) is 0.549. The number of carbonyl (C=O) groups is 1. The van der Waals surface area contributed by atoms with Crippen LogP contribution in [0.25, 0.3) is 10.8 Å². The van der Waals surface area contributed by atoms with Gasteiger partial charge in [-0.25, -0.2) is 4.98 Å². The predicted octanol–water partition coefficient (Wildman–Crippen LogP) is 3.01. The molecule has 1 amide bonds. The average Bonchev–Trinajstić information content (AvgIpc) is 2.57. The Morgan fingerprint density at radius 2 is 1.91 bits per heavy atom. The van der Waals surface area contributed by atoms with Crippen LogP contribution in [-0.4, -0.2) is 56.3 Å². The van der Waals surface area contributed by atoms with E-state index >= 15 is 0 Å². The Morgan fingerprint density at radius 1 is 1.17 bits per heavy atom. The second-order valence-electron chi connectivity index (χ2n) is 5.15. The molecule has 0 saturated heterocycles. The molecule has 0 spiro atoms. The molecular weight excluding hydrogens is 316 g/mol. The van der Waals surface area contributed by atoms with Gasteiger partial charge in [-0.05, 0) is 17.9 Å². The van der Waals surface area contributed by atoms with Crippen molar-refractivity contribution in [2.45, 2.75) is 6.42 Å². The highest BCUT2D eigenvalue weighted by atomic mass is 35.5. The smallest absolute Gasteiger partial charge is 0.272 e. The molecule has 0 unspecified atom stereocenters. The SMILES string of the molecule is COCCCN(CCOC)C(=O)c1cc2ccccc2c(Cl)n1. The summed E-state index contributed by atoms with van der Waals surface area (Å²) < 4.78 is 10.1. The Morgan fingerprint density at radius 3 is 2.65 bits per heavy atom. The summed E-state index contributed by atoms with van der Waals surface area (Å²) in [7, 11) is 3.26. The molecule has 23 heavy (non-hydrogen) atoms. The van der Waals surface area contributed by atoms with E-state index in [1.165, 1.54) is 0 Å². The topological polar surface area (TPSA) is 51.7 Å². The van der Waals surface area contributed by atoms with Gasteiger partial charge in [-0.3, -0.25) is 4.79 Å². The van der Waals surface area contributed by atoms with Crippen LogP contribution in [0, 0.1) is 0 Å². The van der Waals surface area contributed by atoms with Gasteiger partial charge in [-0.1, -0.05) is 35.9 Å². The van der Waals surface area contributed by atoms with Crippen molar-refractivity contribution in [2.24, 2.45) is 0 Å². The number of hydrogen-bond donors (Lipinski definition) is 0.